The van der Waals surface area contributed by atoms with Crippen LogP contribution < -0.4 is 0 Å². The number of carbonyl (C=O) groups is 1. The predicted octanol–water partition coefficient (Wildman–Crippen LogP) is 3.11. The Bertz CT molecular complexity index is 274. The van der Waals surface area contributed by atoms with E-state index in [1.165, 1.54) is 64.2 Å². The largest absolute Gasteiger partial charge is 0.338 e. The fourth-order valence-corrected chi connectivity index (χ4v) is 3.97. The van der Waals surface area contributed by atoms with Gasteiger partial charge in [0.25, 0.3) is 0 Å². The molecule has 0 bridgehead atoms. The normalized spacial score (nSPS) is 30.5. The first kappa shape index (κ1) is 10.6. The number of amides is 1. The maximum atomic E-state index is 12.4. The topological polar surface area (TPSA) is 20.3 Å². The second-order valence-corrected chi connectivity index (χ2v) is 6.07. The SMILES string of the molecule is O=C1N(C2CCCCC2)CC12CCCCC2. The van der Waals surface area contributed by atoms with Gasteiger partial charge in [-0.05, 0) is 25.7 Å². The summed E-state index contributed by atoms with van der Waals surface area (Å²) in [5.74, 6) is 0.513. The molecule has 16 heavy (non-hydrogen) atoms. The minimum absolute atomic E-state index is 0.121. The third-order valence-electron chi connectivity index (χ3n) is 5.01. The van der Waals surface area contributed by atoms with Gasteiger partial charge in [0.05, 0.1) is 5.41 Å². The van der Waals surface area contributed by atoms with Crippen LogP contribution in [-0.2, 0) is 4.79 Å². The number of β-lactam (4-membered cyclic amide) rings is 1. The van der Waals surface area contributed by atoms with Crippen molar-refractivity contribution in [2.24, 2.45) is 5.41 Å². The molecule has 90 valence electrons. The molecule has 0 unspecified atom stereocenters. The highest BCUT2D eigenvalue weighted by molar-refractivity contribution is 5.89. The average molecular weight is 221 g/mol. The molecule has 0 aromatic carbocycles. The van der Waals surface area contributed by atoms with Gasteiger partial charge in [0.15, 0.2) is 0 Å². The molecule has 1 saturated heterocycles. The summed E-state index contributed by atoms with van der Waals surface area (Å²) < 4.78 is 0. The Hall–Kier alpha value is -0.530. The van der Waals surface area contributed by atoms with E-state index < -0.39 is 0 Å². The molecule has 1 spiro atoms. The molecule has 2 heteroatoms. The van der Waals surface area contributed by atoms with Crippen LogP contribution in [0.5, 0.6) is 0 Å². The minimum Gasteiger partial charge on any atom is -0.338 e. The maximum Gasteiger partial charge on any atom is 0.230 e. The lowest BCUT2D eigenvalue weighted by Crippen LogP contribution is -2.65. The average Bonchev–Trinajstić information content (AvgIpc) is 2.38. The summed E-state index contributed by atoms with van der Waals surface area (Å²) >= 11 is 0. The van der Waals surface area contributed by atoms with E-state index >= 15 is 0 Å². The van der Waals surface area contributed by atoms with Gasteiger partial charge in [-0.25, -0.2) is 0 Å². The van der Waals surface area contributed by atoms with Gasteiger partial charge in [0.1, 0.15) is 0 Å². The Morgan fingerprint density at radius 2 is 1.56 bits per heavy atom. The van der Waals surface area contributed by atoms with Crippen LogP contribution in [0, 0.1) is 5.41 Å². The first-order chi connectivity index (χ1) is 7.82. The van der Waals surface area contributed by atoms with Crippen LogP contribution >= 0.6 is 0 Å². The Balaban J connectivity index is 1.62. The van der Waals surface area contributed by atoms with E-state index in [9.17, 15) is 4.79 Å². The highest BCUT2D eigenvalue weighted by Crippen LogP contribution is 2.47. The Kier molecular flexibility index (Phi) is 2.68. The molecule has 2 nitrogen and oxygen atoms in total. The van der Waals surface area contributed by atoms with Gasteiger partial charge >= 0.3 is 0 Å². The lowest BCUT2D eigenvalue weighted by molar-refractivity contribution is -0.169. The summed E-state index contributed by atoms with van der Waals surface area (Å²) in [7, 11) is 0. The first-order valence-electron chi connectivity index (χ1n) is 7.13. The van der Waals surface area contributed by atoms with E-state index in [1.807, 2.05) is 0 Å². The summed E-state index contributed by atoms with van der Waals surface area (Å²) in [6.45, 7) is 1.09. The van der Waals surface area contributed by atoms with Crippen LogP contribution in [0.25, 0.3) is 0 Å². The molecule has 3 aliphatic rings. The molecule has 1 amide bonds. The fourth-order valence-electron chi connectivity index (χ4n) is 3.97. The van der Waals surface area contributed by atoms with E-state index in [0.717, 1.165) is 6.54 Å². The number of nitrogens with zero attached hydrogens (tertiary/aromatic N) is 1. The molecule has 1 aliphatic heterocycles. The lowest BCUT2D eigenvalue weighted by Gasteiger charge is -2.54. The molecule has 2 aliphatic carbocycles. The van der Waals surface area contributed by atoms with Crippen molar-refractivity contribution in [2.75, 3.05) is 6.54 Å². The summed E-state index contributed by atoms with van der Waals surface area (Å²) in [6.07, 6.45) is 12.8. The van der Waals surface area contributed by atoms with E-state index in [4.69, 9.17) is 0 Å². The summed E-state index contributed by atoms with van der Waals surface area (Å²) in [4.78, 5) is 14.6. The number of hydrogen-bond acceptors (Lipinski definition) is 1. The van der Waals surface area contributed by atoms with Crippen molar-refractivity contribution in [3.8, 4) is 0 Å². The van der Waals surface area contributed by atoms with Crippen LogP contribution in [0.3, 0.4) is 0 Å². The van der Waals surface area contributed by atoms with Gasteiger partial charge in [-0.15, -0.1) is 0 Å². The van der Waals surface area contributed by atoms with Crippen molar-refractivity contribution in [3.63, 3.8) is 0 Å². The molecule has 0 aromatic rings. The molecular formula is C14H23NO. The van der Waals surface area contributed by atoms with Crippen LogP contribution in [-0.4, -0.2) is 23.4 Å². The van der Waals surface area contributed by atoms with E-state index in [-0.39, 0.29) is 5.41 Å². The molecule has 1 heterocycles. The van der Waals surface area contributed by atoms with Gasteiger partial charge in [-0.2, -0.15) is 0 Å². The number of hydrogen-bond donors (Lipinski definition) is 0. The van der Waals surface area contributed by atoms with E-state index in [1.54, 1.807) is 0 Å². The van der Waals surface area contributed by atoms with Gasteiger partial charge < -0.3 is 4.90 Å². The van der Waals surface area contributed by atoms with Crippen molar-refractivity contribution in [3.05, 3.63) is 0 Å². The summed E-state index contributed by atoms with van der Waals surface area (Å²) in [5.41, 5.74) is 0.121. The smallest absolute Gasteiger partial charge is 0.230 e. The molecular weight excluding hydrogens is 198 g/mol. The highest BCUT2D eigenvalue weighted by Gasteiger charge is 2.53. The number of rotatable bonds is 1. The van der Waals surface area contributed by atoms with Gasteiger partial charge in [-0.1, -0.05) is 38.5 Å². The monoisotopic (exact) mass is 221 g/mol. The quantitative estimate of drug-likeness (QED) is 0.623. The molecule has 3 fully saturated rings. The Labute approximate surface area is 98.4 Å². The molecule has 0 atom stereocenters. The highest BCUT2D eigenvalue weighted by atomic mass is 16.2. The molecule has 0 N–H and O–H groups in total. The van der Waals surface area contributed by atoms with Crippen molar-refractivity contribution >= 4 is 5.91 Å². The van der Waals surface area contributed by atoms with Crippen molar-refractivity contribution < 1.29 is 4.79 Å². The van der Waals surface area contributed by atoms with Crippen molar-refractivity contribution in [1.82, 2.24) is 4.90 Å². The Morgan fingerprint density at radius 1 is 0.938 bits per heavy atom. The van der Waals surface area contributed by atoms with E-state index in [0.29, 0.717) is 11.9 Å². The van der Waals surface area contributed by atoms with Gasteiger partial charge in [0.2, 0.25) is 5.91 Å². The van der Waals surface area contributed by atoms with Crippen LogP contribution in [0.1, 0.15) is 64.2 Å². The molecule has 0 radical (unpaired) electrons. The second-order valence-electron chi connectivity index (χ2n) is 6.07. The lowest BCUT2D eigenvalue weighted by atomic mass is 9.67. The fraction of sp³-hybridized carbons (Fsp3) is 0.929. The Morgan fingerprint density at radius 3 is 2.19 bits per heavy atom. The number of carbonyl (C=O) groups excluding carboxylic acids is 1. The van der Waals surface area contributed by atoms with Crippen LogP contribution in [0.4, 0.5) is 0 Å². The summed E-state index contributed by atoms with van der Waals surface area (Å²) in [6, 6.07) is 0.605. The van der Waals surface area contributed by atoms with Gasteiger partial charge in [0, 0.05) is 12.6 Å². The zero-order valence-corrected chi connectivity index (χ0v) is 10.2. The molecule has 3 rings (SSSR count). The van der Waals surface area contributed by atoms with Crippen molar-refractivity contribution in [2.45, 2.75) is 70.3 Å². The zero-order chi connectivity index (χ0) is 11.0. The van der Waals surface area contributed by atoms with Crippen molar-refractivity contribution in [1.29, 1.82) is 0 Å². The third-order valence-corrected chi connectivity index (χ3v) is 5.01. The maximum absolute atomic E-state index is 12.4. The first-order valence-corrected chi connectivity index (χ1v) is 7.13. The molecule has 0 aromatic heterocycles. The minimum atomic E-state index is 0.121. The molecule has 2 saturated carbocycles. The van der Waals surface area contributed by atoms with E-state index in [2.05, 4.69) is 4.90 Å². The zero-order valence-electron chi connectivity index (χ0n) is 10.2. The van der Waals surface area contributed by atoms with Crippen LogP contribution in [0.2, 0.25) is 0 Å². The number of likely N-dealkylation sites (tertiary alicyclic amines) is 1. The summed E-state index contributed by atoms with van der Waals surface area (Å²) in [5, 5.41) is 0. The van der Waals surface area contributed by atoms with Gasteiger partial charge in [-0.3, -0.25) is 4.79 Å². The predicted molar refractivity (Wildman–Crippen MR) is 64.1 cm³/mol. The standard InChI is InChI=1S/C14H23NO/c16-13-14(9-5-2-6-10-14)11-15(13)12-7-3-1-4-8-12/h12H,1-11H2. The second kappa shape index (κ2) is 4.05. The third kappa shape index (κ3) is 1.57. The van der Waals surface area contributed by atoms with Crippen LogP contribution in [0.15, 0.2) is 0 Å².